The molecule has 1 aromatic rings. The summed E-state index contributed by atoms with van der Waals surface area (Å²) in [6.45, 7) is 4.16. The van der Waals surface area contributed by atoms with E-state index in [0.717, 1.165) is 30.5 Å². The Bertz CT molecular complexity index is 500. The number of hydrogen-bond donors (Lipinski definition) is 3. The van der Waals surface area contributed by atoms with Gasteiger partial charge < -0.3 is 15.5 Å². The van der Waals surface area contributed by atoms with Crippen molar-refractivity contribution in [3.05, 3.63) is 22.9 Å². The Hall–Kier alpha value is -1.62. The van der Waals surface area contributed by atoms with Gasteiger partial charge in [-0.2, -0.15) is 0 Å². The third-order valence-electron chi connectivity index (χ3n) is 3.85. The van der Waals surface area contributed by atoms with Gasteiger partial charge in [0.25, 0.3) is 0 Å². The summed E-state index contributed by atoms with van der Waals surface area (Å²) in [5, 5.41) is 21.7. The zero-order chi connectivity index (χ0) is 14.7. The number of pyridine rings is 1. The summed E-state index contributed by atoms with van der Waals surface area (Å²) in [6.07, 6.45) is 3.44. The van der Waals surface area contributed by atoms with Crippen LogP contribution >= 0.6 is 0 Å². The largest absolute Gasteiger partial charge is 0.478 e. The minimum absolute atomic E-state index is 0.0186. The Balaban J connectivity index is 2.32. The fourth-order valence-electron chi connectivity index (χ4n) is 2.63. The maximum absolute atomic E-state index is 11.4. The van der Waals surface area contributed by atoms with Crippen LogP contribution in [0.25, 0.3) is 0 Å². The summed E-state index contributed by atoms with van der Waals surface area (Å²) in [5.41, 5.74) is 2.29. The van der Waals surface area contributed by atoms with Gasteiger partial charge in [-0.1, -0.05) is 13.8 Å². The van der Waals surface area contributed by atoms with Crippen molar-refractivity contribution >= 4 is 11.8 Å². The molecular weight excluding hydrogens is 256 g/mol. The van der Waals surface area contributed by atoms with E-state index in [1.807, 2.05) is 13.8 Å². The second kappa shape index (κ2) is 6.22. The van der Waals surface area contributed by atoms with Crippen molar-refractivity contribution < 1.29 is 15.0 Å². The van der Waals surface area contributed by atoms with Gasteiger partial charge in [0.15, 0.2) is 0 Å². The average Bonchev–Trinajstić information content (AvgIpc) is 2.84. The summed E-state index contributed by atoms with van der Waals surface area (Å²) in [7, 11) is 0. The average molecular weight is 278 g/mol. The SMILES string of the molecule is CC(C)C(CCO)Nc1nc2c(cc1C(=O)O)CCC2. The van der Waals surface area contributed by atoms with Gasteiger partial charge in [0, 0.05) is 18.3 Å². The van der Waals surface area contributed by atoms with Crippen LogP contribution in [0.5, 0.6) is 0 Å². The molecule has 20 heavy (non-hydrogen) atoms. The third-order valence-corrected chi connectivity index (χ3v) is 3.85. The highest BCUT2D eigenvalue weighted by molar-refractivity contribution is 5.93. The normalized spacial score (nSPS) is 15.2. The number of hydrogen-bond acceptors (Lipinski definition) is 4. The molecule has 0 saturated heterocycles. The molecule has 0 radical (unpaired) electrons. The molecule has 1 aliphatic rings. The van der Waals surface area contributed by atoms with E-state index in [2.05, 4.69) is 10.3 Å². The topological polar surface area (TPSA) is 82.5 Å². The first-order valence-corrected chi connectivity index (χ1v) is 7.16. The summed E-state index contributed by atoms with van der Waals surface area (Å²) >= 11 is 0. The molecule has 1 unspecified atom stereocenters. The highest BCUT2D eigenvalue weighted by atomic mass is 16.4. The number of aromatic nitrogens is 1. The highest BCUT2D eigenvalue weighted by Crippen LogP contribution is 2.26. The van der Waals surface area contributed by atoms with E-state index >= 15 is 0 Å². The Labute approximate surface area is 119 Å². The van der Waals surface area contributed by atoms with Crippen LogP contribution in [0.4, 0.5) is 5.82 Å². The van der Waals surface area contributed by atoms with Crippen LogP contribution in [0.1, 0.15) is 48.3 Å². The van der Waals surface area contributed by atoms with Crippen LogP contribution in [0.15, 0.2) is 6.07 Å². The molecule has 2 rings (SSSR count). The van der Waals surface area contributed by atoms with Crippen LogP contribution in [-0.2, 0) is 12.8 Å². The Morgan fingerprint density at radius 1 is 1.45 bits per heavy atom. The van der Waals surface area contributed by atoms with Gasteiger partial charge in [0.1, 0.15) is 11.4 Å². The van der Waals surface area contributed by atoms with Crippen LogP contribution in [-0.4, -0.2) is 33.8 Å². The Morgan fingerprint density at radius 2 is 2.20 bits per heavy atom. The fourth-order valence-corrected chi connectivity index (χ4v) is 2.63. The number of carbonyl (C=O) groups is 1. The van der Waals surface area contributed by atoms with E-state index in [0.29, 0.717) is 18.2 Å². The first-order chi connectivity index (χ1) is 9.52. The number of aryl methyl sites for hydroxylation is 2. The van der Waals surface area contributed by atoms with Crippen molar-refractivity contribution in [2.75, 3.05) is 11.9 Å². The highest BCUT2D eigenvalue weighted by Gasteiger charge is 2.22. The molecular formula is C15H22N2O3. The van der Waals surface area contributed by atoms with Gasteiger partial charge in [0.05, 0.1) is 0 Å². The lowest BCUT2D eigenvalue weighted by molar-refractivity contribution is 0.0697. The first kappa shape index (κ1) is 14.8. The molecule has 3 N–H and O–H groups in total. The summed E-state index contributed by atoms with van der Waals surface area (Å²) in [4.78, 5) is 15.9. The van der Waals surface area contributed by atoms with Crippen molar-refractivity contribution in [1.82, 2.24) is 4.98 Å². The molecule has 1 aliphatic carbocycles. The number of fused-ring (bicyclic) bond motifs is 1. The lowest BCUT2D eigenvalue weighted by atomic mass is 10.0. The predicted octanol–water partition coefficient (Wildman–Crippen LogP) is 2.09. The Morgan fingerprint density at radius 3 is 2.80 bits per heavy atom. The number of carboxylic acid groups (broad SMARTS) is 1. The second-order valence-corrected chi connectivity index (χ2v) is 5.66. The standard InChI is InChI=1S/C15H22N2O3/c1-9(2)12(6-7-18)16-14-11(15(19)20)8-10-4-3-5-13(10)17-14/h8-9,12,18H,3-7H2,1-2H3,(H,16,17)(H,19,20). The maximum Gasteiger partial charge on any atom is 0.339 e. The van der Waals surface area contributed by atoms with Gasteiger partial charge in [-0.3, -0.25) is 0 Å². The molecule has 0 amide bonds. The predicted molar refractivity (Wildman–Crippen MR) is 77.2 cm³/mol. The van der Waals surface area contributed by atoms with Crippen LogP contribution in [0.3, 0.4) is 0 Å². The zero-order valence-electron chi connectivity index (χ0n) is 12.0. The monoisotopic (exact) mass is 278 g/mol. The number of aromatic carboxylic acids is 1. The number of aliphatic hydroxyl groups excluding tert-OH is 1. The second-order valence-electron chi connectivity index (χ2n) is 5.66. The summed E-state index contributed by atoms with van der Waals surface area (Å²) in [5.74, 6) is -0.231. The van der Waals surface area contributed by atoms with Gasteiger partial charge in [-0.05, 0) is 43.2 Å². The molecule has 0 saturated carbocycles. The molecule has 0 bridgehead atoms. The van der Waals surface area contributed by atoms with Gasteiger partial charge in [-0.25, -0.2) is 9.78 Å². The van der Waals surface area contributed by atoms with Crippen LogP contribution < -0.4 is 5.32 Å². The molecule has 0 spiro atoms. The van der Waals surface area contributed by atoms with E-state index in [1.54, 1.807) is 6.07 Å². The number of nitrogens with zero attached hydrogens (tertiary/aromatic N) is 1. The van der Waals surface area contributed by atoms with E-state index in [-0.39, 0.29) is 18.2 Å². The van der Waals surface area contributed by atoms with Crippen molar-refractivity contribution in [2.24, 2.45) is 5.92 Å². The fraction of sp³-hybridized carbons (Fsp3) is 0.600. The zero-order valence-corrected chi connectivity index (χ0v) is 12.0. The molecule has 5 nitrogen and oxygen atoms in total. The summed E-state index contributed by atoms with van der Waals surface area (Å²) in [6, 6.07) is 1.76. The smallest absolute Gasteiger partial charge is 0.339 e. The summed E-state index contributed by atoms with van der Waals surface area (Å²) < 4.78 is 0. The Kier molecular flexibility index (Phi) is 4.60. The van der Waals surface area contributed by atoms with Crippen LogP contribution in [0, 0.1) is 5.92 Å². The molecule has 110 valence electrons. The van der Waals surface area contributed by atoms with Crippen molar-refractivity contribution in [3.8, 4) is 0 Å². The maximum atomic E-state index is 11.4. The van der Waals surface area contributed by atoms with Crippen molar-refractivity contribution in [1.29, 1.82) is 0 Å². The van der Waals surface area contributed by atoms with Gasteiger partial charge in [-0.15, -0.1) is 0 Å². The lowest BCUT2D eigenvalue weighted by Crippen LogP contribution is -2.28. The number of carboxylic acids is 1. The molecule has 1 heterocycles. The molecule has 5 heteroatoms. The van der Waals surface area contributed by atoms with Gasteiger partial charge in [0.2, 0.25) is 0 Å². The molecule has 0 fully saturated rings. The molecule has 1 atom stereocenters. The quantitative estimate of drug-likeness (QED) is 0.742. The minimum atomic E-state index is -0.957. The number of nitrogens with one attached hydrogen (secondary N) is 1. The van der Waals surface area contributed by atoms with E-state index in [9.17, 15) is 9.90 Å². The van der Waals surface area contributed by atoms with Crippen LogP contribution in [0.2, 0.25) is 0 Å². The van der Waals surface area contributed by atoms with E-state index < -0.39 is 5.97 Å². The minimum Gasteiger partial charge on any atom is -0.478 e. The molecule has 1 aromatic heterocycles. The van der Waals surface area contributed by atoms with E-state index in [4.69, 9.17) is 5.11 Å². The third kappa shape index (κ3) is 3.10. The number of rotatable bonds is 6. The van der Waals surface area contributed by atoms with Gasteiger partial charge >= 0.3 is 5.97 Å². The first-order valence-electron chi connectivity index (χ1n) is 7.16. The van der Waals surface area contributed by atoms with E-state index in [1.165, 1.54) is 0 Å². The number of anilines is 1. The van der Waals surface area contributed by atoms with Crippen molar-refractivity contribution in [2.45, 2.75) is 45.6 Å². The molecule has 0 aliphatic heterocycles. The molecule has 0 aromatic carbocycles. The lowest BCUT2D eigenvalue weighted by Gasteiger charge is -2.23. The van der Waals surface area contributed by atoms with Crippen molar-refractivity contribution in [3.63, 3.8) is 0 Å². The number of aliphatic hydroxyl groups is 1.